The van der Waals surface area contributed by atoms with E-state index in [9.17, 15) is 0 Å². The molecule has 12 heavy (non-hydrogen) atoms. The Morgan fingerprint density at radius 1 is 1.17 bits per heavy atom. The molecule has 0 saturated heterocycles. The van der Waals surface area contributed by atoms with Gasteiger partial charge in [-0.2, -0.15) is 22.9 Å². The Labute approximate surface area is 83.1 Å². The molecule has 1 aromatic carbocycles. The highest BCUT2D eigenvalue weighted by molar-refractivity contribution is 7.33. The van der Waals surface area contributed by atoms with Gasteiger partial charge in [-0.05, 0) is 11.9 Å². The first kappa shape index (κ1) is 9.69. The summed E-state index contributed by atoms with van der Waals surface area (Å²) in [7, 11) is 0. The third kappa shape index (κ3) is 3.84. The predicted octanol–water partition coefficient (Wildman–Crippen LogP) is 3.67. The average Bonchev–Trinajstić information content (AvgIpc) is 2.05. The Hall–Kier alpha value is -0.395. The van der Waals surface area contributed by atoms with Gasteiger partial charge in [0.15, 0.2) is 0 Å². The lowest BCUT2D eigenvalue weighted by Gasteiger charge is -1.91. The van der Waals surface area contributed by atoms with E-state index >= 15 is 0 Å². The molecule has 0 atom stereocenters. The van der Waals surface area contributed by atoms with Crippen molar-refractivity contribution in [2.75, 3.05) is 0 Å². The smallest absolute Gasteiger partial charge is 0.171 e. The zero-order chi connectivity index (χ0) is 8.81. The first-order valence-corrected chi connectivity index (χ1v) is 4.66. The summed E-state index contributed by atoms with van der Waals surface area (Å²) in [4.78, 5) is 0. The van der Waals surface area contributed by atoms with Crippen molar-refractivity contribution in [1.29, 1.82) is 0 Å². The number of halogens is 2. The molecule has 0 aliphatic heterocycles. The van der Waals surface area contributed by atoms with E-state index in [1.54, 1.807) is 0 Å². The van der Waals surface area contributed by atoms with E-state index < -0.39 is 0 Å². The summed E-state index contributed by atoms with van der Waals surface area (Å²) >= 11 is 11.1. The van der Waals surface area contributed by atoms with Gasteiger partial charge in [-0.3, -0.25) is 0 Å². The Morgan fingerprint density at radius 3 is 2.42 bits per heavy atom. The zero-order valence-corrected chi connectivity index (χ0v) is 8.09. The van der Waals surface area contributed by atoms with Gasteiger partial charge >= 0.3 is 5.54 Å². The molecule has 0 spiro atoms. The van der Waals surface area contributed by atoms with Crippen molar-refractivity contribution >= 4 is 34.5 Å². The maximum atomic E-state index is 5.56. The normalized spacial score (nSPS) is 10.5. The monoisotopic (exact) mass is 198 g/mol. The van der Waals surface area contributed by atoms with Crippen LogP contribution in [0.2, 0.25) is 6.32 Å². The van der Waals surface area contributed by atoms with Gasteiger partial charge in [0.2, 0.25) is 0 Å². The lowest BCUT2D eigenvalue weighted by molar-refractivity contribution is 1.64. The molecule has 0 bridgehead atoms. The molecule has 0 radical (unpaired) electrons. The summed E-state index contributed by atoms with van der Waals surface area (Å²) in [6.45, 7) is 0. The van der Waals surface area contributed by atoms with Crippen LogP contribution in [0.25, 0.3) is 6.08 Å². The minimum Gasteiger partial charge on any atom is -0.171 e. The second-order valence-corrected chi connectivity index (χ2v) is 3.72. The largest absolute Gasteiger partial charge is 0.355 e. The lowest BCUT2D eigenvalue weighted by atomic mass is 10.0. The molecule has 62 valence electrons. The lowest BCUT2D eigenvalue weighted by Crippen LogP contribution is -1.86. The third-order valence-corrected chi connectivity index (χ3v) is 1.78. The number of rotatable bonds is 3. The number of hydrogen-bond acceptors (Lipinski definition) is 0. The highest BCUT2D eigenvalue weighted by atomic mass is 35.5. The summed E-state index contributed by atoms with van der Waals surface area (Å²) in [5.74, 6) is 0. The SMILES string of the molecule is ClB(Cl)C/C=C/c1ccccc1. The molecule has 0 N–H and O–H groups in total. The van der Waals surface area contributed by atoms with Gasteiger partial charge in [-0.1, -0.05) is 42.5 Å². The van der Waals surface area contributed by atoms with E-state index in [0.29, 0.717) is 6.32 Å². The third-order valence-electron chi connectivity index (χ3n) is 1.42. The zero-order valence-electron chi connectivity index (χ0n) is 6.58. The summed E-state index contributed by atoms with van der Waals surface area (Å²) < 4.78 is 0. The molecule has 3 heteroatoms. The highest BCUT2D eigenvalue weighted by Gasteiger charge is 1.99. The van der Waals surface area contributed by atoms with Gasteiger partial charge in [-0.25, -0.2) is 0 Å². The molecule has 0 aliphatic carbocycles. The minimum atomic E-state index is -0.301. The van der Waals surface area contributed by atoms with Gasteiger partial charge < -0.3 is 0 Å². The molecule has 1 rings (SSSR count). The molecule has 0 aromatic heterocycles. The molecular formula is C9H9BCl2. The summed E-state index contributed by atoms with van der Waals surface area (Å²) in [5, 5.41) is 0. The van der Waals surface area contributed by atoms with Crippen molar-refractivity contribution in [2.45, 2.75) is 6.32 Å². The van der Waals surface area contributed by atoms with E-state index in [4.69, 9.17) is 22.9 Å². The van der Waals surface area contributed by atoms with E-state index in [0.717, 1.165) is 0 Å². The Bertz CT molecular complexity index is 244. The maximum Gasteiger partial charge on any atom is 0.355 e. The molecule has 1 aromatic rings. The number of hydrogen-bond donors (Lipinski definition) is 0. The van der Waals surface area contributed by atoms with Crippen molar-refractivity contribution in [3.63, 3.8) is 0 Å². The summed E-state index contributed by atoms with van der Waals surface area (Å²) in [5.41, 5.74) is 0.872. The summed E-state index contributed by atoms with van der Waals surface area (Å²) in [6.07, 6.45) is 4.68. The van der Waals surface area contributed by atoms with Gasteiger partial charge in [0.1, 0.15) is 0 Å². The van der Waals surface area contributed by atoms with Gasteiger partial charge in [0.25, 0.3) is 0 Å². The van der Waals surface area contributed by atoms with Crippen LogP contribution in [-0.4, -0.2) is 5.54 Å². The van der Waals surface area contributed by atoms with Crippen LogP contribution in [0.5, 0.6) is 0 Å². The van der Waals surface area contributed by atoms with Crippen LogP contribution in [0.15, 0.2) is 36.4 Å². The molecule has 0 amide bonds. The Morgan fingerprint density at radius 2 is 1.83 bits per heavy atom. The molecule has 0 saturated carbocycles. The number of benzene rings is 1. The van der Waals surface area contributed by atoms with Crippen LogP contribution in [0.3, 0.4) is 0 Å². The second-order valence-electron chi connectivity index (χ2n) is 2.44. The van der Waals surface area contributed by atoms with Crippen molar-refractivity contribution in [2.24, 2.45) is 0 Å². The molecule has 0 aliphatic rings. The van der Waals surface area contributed by atoms with Gasteiger partial charge in [-0.15, -0.1) is 0 Å². The van der Waals surface area contributed by atoms with Crippen LogP contribution in [0.1, 0.15) is 5.56 Å². The molecular weight excluding hydrogens is 190 g/mol. The first-order chi connectivity index (χ1) is 5.79. The number of allylic oxidation sites excluding steroid dienone is 1. The van der Waals surface area contributed by atoms with Crippen LogP contribution in [0, 0.1) is 0 Å². The highest BCUT2D eigenvalue weighted by Crippen LogP contribution is 2.07. The predicted molar refractivity (Wildman–Crippen MR) is 57.7 cm³/mol. The summed E-state index contributed by atoms with van der Waals surface area (Å²) in [6, 6.07) is 10.1. The topological polar surface area (TPSA) is 0 Å². The van der Waals surface area contributed by atoms with Gasteiger partial charge in [0, 0.05) is 0 Å². The standard InChI is InChI=1S/C9H9BCl2/c11-10(12)8-4-7-9-5-2-1-3-6-9/h1-7H,8H2/b7-4+. The van der Waals surface area contributed by atoms with Crippen LogP contribution >= 0.6 is 22.9 Å². The van der Waals surface area contributed by atoms with Crippen molar-refractivity contribution < 1.29 is 0 Å². The minimum absolute atomic E-state index is 0.301. The fourth-order valence-electron chi connectivity index (χ4n) is 0.871. The van der Waals surface area contributed by atoms with E-state index in [1.807, 2.05) is 42.5 Å². The first-order valence-electron chi connectivity index (χ1n) is 3.79. The van der Waals surface area contributed by atoms with E-state index in [2.05, 4.69) is 0 Å². The van der Waals surface area contributed by atoms with Crippen molar-refractivity contribution in [3.8, 4) is 0 Å². The fraction of sp³-hybridized carbons (Fsp3) is 0.111. The van der Waals surface area contributed by atoms with E-state index in [1.165, 1.54) is 5.56 Å². The fourth-order valence-corrected chi connectivity index (χ4v) is 1.08. The van der Waals surface area contributed by atoms with Crippen molar-refractivity contribution in [3.05, 3.63) is 42.0 Å². The Kier molecular flexibility index (Phi) is 4.27. The van der Waals surface area contributed by atoms with Crippen LogP contribution in [0.4, 0.5) is 0 Å². The quantitative estimate of drug-likeness (QED) is 0.651. The Balaban J connectivity index is 2.47. The van der Waals surface area contributed by atoms with E-state index in [-0.39, 0.29) is 5.54 Å². The molecule has 0 heterocycles. The van der Waals surface area contributed by atoms with Crippen molar-refractivity contribution in [1.82, 2.24) is 0 Å². The average molecular weight is 199 g/mol. The second kappa shape index (κ2) is 5.29. The van der Waals surface area contributed by atoms with Crippen LogP contribution in [-0.2, 0) is 0 Å². The van der Waals surface area contributed by atoms with Gasteiger partial charge in [0.05, 0.1) is 0 Å². The van der Waals surface area contributed by atoms with Crippen LogP contribution < -0.4 is 0 Å². The molecule has 0 nitrogen and oxygen atoms in total. The molecule has 0 fully saturated rings. The molecule has 0 unspecified atom stereocenters. The maximum absolute atomic E-state index is 5.56.